The number of nitrogens with one attached hydrogen (secondary N) is 1. The molecule has 1 fully saturated rings. The molecule has 1 atom stereocenters. The fourth-order valence-electron chi connectivity index (χ4n) is 3.29. The van der Waals surface area contributed by atoms with Gasteiger partial charge in [0.1, 0.15) is 6.04 Å². The summed E-state index contributed by atoms with van der Waals surface area (Å²) in [4.78, 5) is 14.8. The number of hydrogen-bond donors (Lipinski definition) is 1. The minimum Gasteiger partial charge on any atom is -0.405 e. The molecule has 0 saturated carbocycles. The molecule has 0 spiro atoms. The second kappa shape index (κ2) is 8.03. The summed E-state index contributed by atoms with van der Waals surface area (Å²) in [6.07, 6.45) is 3.49. The maximum absolute atomic E-state index is 12.7. The lowest BCUT2D eigenvalue weighted by molar-refractivity contribution is 0.0938. The van der Waals surface area contributed by atoms with Crippen molar-refractivity contribution in [3.05, 3.63) is 77.7 Å². The van der Waals surface area contributed by atoms with Crippen LogP contribution in [0.15, 0.2) is 65.1 Å². The van der Waals surface area contributed by atoms with Crippen LogP contribution in [0.2, 0.25) is 0 Å². The van der Waals surface area contributed by atoms with Gasteiger partial charge in [0.05, 0.1) is 0 Å². The molecule has 1 N–H and O–H groups in total. The first-order valence-corrected chi connectivity index (χ1v) is 9.30. The van der Waals surface area contributed by atoms with E-state index < -0.39 is 6.04 Å². The number of nitrogens with zero attached hydrogens (tertiary/aromatic N) is 3. The zero-order valence-electron chi connectivity index (χ0n) is 15.0. The quantitative estimate of drug-likeness (QED) is 0.751. The molecule has 3 aromatic rings. The van der Waals surface area contributed by atoms with Crippen LogP contribution >= 0.6 is 0 Å². The molecule has 6 nitrogen and oxygen atoms in total. The van der Waals surface area contributed by atoms with Gasteiger partial charge in [-0.2, -0.15) is 0 Å². The minimum absolute atomic E-state index is 0.179. The van der Waals surface area contributed by atoms with Gasteiger partial charge >= 0.3 is 6.01 Å². The molecule has 138 valence electrons. The summed E-state index contributed by atoms with van der Waals surface area (Å²) in [6.45, 7) is 1.85. The number of anilines is 1. The predicted octanol–water partition coefficient (Wildman–Crippen LogP) is 3.58. The van der Waals surface area contributed by atoms with Crippen molar-refractivity contribution in [1.82, 2.24) is 15.5 Å². The van der Waals surface area contributed by atoms with Crippen molar-refractivity contribution in [3.63, 3.8) is 0 Å². The van der Waals surface area contributed by atoms with Gasteiger partial charge in [0, 0.05) is 18.7 Å². The second-order valence-corrected chi connectivity index (χ2v) is 6.65. The smallest absolute Gasteiger partial charge is 0.318 e. The van der Waals surface area contributed by atoms with Gasteiger partial charge in [0.25, 0.3) is 5.91 Å². The van der Waals surface area contributed by atoms with Crippen LogP contribution in [0, 0.1) is 0 Å². The zero-order valence-corrected chi connectivity index (χ0v) is 15.0. The van der Waals surface area contributed by atoms with Gasteiger partial charge in [-0.3, -0.25) is 4.79 Å². The van der Waals surface area contributed by atoms with E-state index in [2.05, 4.69) is 20.4 Å². The van der Waals surface area contributed by atoms with Gasteiger partial charge in [-0.15, -0.1) is 5.10 Å². The Labute approximate surface area is 158 Å². The molecule has 4 rings (SSSR count). The lowest BCUT2D eigenvalue weighted by atomic mass is 10.1. The number of piperidine rings is 1. The van der Waals surface area contributed by atoms with Crippen LogP contribution in [0.1, 0.15) is 47.1 Å². The third-order valence-electron chi connectivity index (χ3n) is 4.75. The van der Waals surface area contributed by atoms with Gasteiger partial charge in [0.2, 0.25) is 5.89 Å². The molecule has 1 saturated heterocycles. The first-order valence-electron chi connectivity index (χ1n) is 9.30. The van der Waals surface area contributed by atoms with Crippen molar-refractivity contribution in [3.8, 4) is 0 Å². The lowest BCUT2D eigenvalue weighted by Gasteiger charge is -2.24. The number of carbonyl (C=O) groups is 1. The molecule has 2 heterocycles. The molecule has 0 radical (unpaired) electrons. The Morgan fingerprint density at radius 3 is 2.30 bits per heavy atom. The maximum Gasteiger partial charge on any atom is 0.318 e. The zero-order chi connectivity index (χ0) is 18.5. The summed E-state index contributed by atoms with van der Waals surface area (Å²) in [5, 5.41) is 11.5. The lowest BCUT2D eigenvalue weighted by Crippen LogP contribution is -2.30. The Balaban J connectivity index is 1.61. The van der Waals surface area contributed by atoms with Crippen LogP contribution in [-0.2, 0) is 0 Å². The number of benzene rings is 2. The van der Waals surface area contributed by atoms with Gasteiger partial charge in [0.15, 0.2) is 0 Å². The molecule has 1 aromatic heterocycles. The molecule has 1 amide bonds. The highest BCUT2D eigenvalue weighted by Gasteiger charge is 2.25. The van der Waals surface area contributed by atoms with E-state index in [0.717, 1.165) is 31.5 Å². The van der Waals surface area contributed by atoms with E-state index >= 15 is 0 Å². The fraction of sp³-hybridized carbons (Fsp3) is 0.286. The van der Waals surface area contributed by atoms with Crippen molar-refractivity contribution in [1.29, 1.82) is 0 Å². The van der Waals surface area contributed by atoms with Gasteiger partial charge in [-0.1, -0.05) is 53.6 Å². The van der Waals surface area contributed by atoms with Crippen molar-refractivity contribution < 1.29 is 9.21 Å². The van der Waals surface area contributed by atoms with Crippen LogP contribution < -0.4 is 10.2 Å². The number of amides is 1. The number of hydrogen-bond acceptors (Lipinski definition) is 5. The van der Waals surface area contributed by atoms with E-state index in [1.807, 2.05) is 48.5 Å². The first kappa shape index (κ1) is 17.3. The predicted molar refractivity (Wildman–Crippen MR) is 103 cm³/mol. The van der Waals surface area contributed by atoms with Crippen molar-refractivity contribution in [2.24, 2.45) is 0 Å². The molecule has 1 aliphatic rings. The Morgan fingerprint density at radius 2 is 1.59 bits per heavy atom. The standard InChI is InChI=1S/C21H22N4O2/c26-19(17-12-6-2-7-13-17)22-18(16-10-4-1-5-11-16)20-23-24-21(27-20)25-14-8-3-9-15-25/h1-2,4-7,10-13,18H,3,8-9,14-15H2,(H,22,26). The maximum atomic E-state index is 12.7. The summed E-state index contributed by atoms with van der Waals surface area (Å²) in [7, 11) is 0. The minimum atomic E-state index is -0.495. The Morgan fingerprint density at radius 1 is 0.926 bits per heavy atom. The molecule has 1 aliphatic heterocycles. The highest BCUT2D eigenvalue weighted by atomic mass is 16.4. The summed E-state index contributed by atoms with van der Waals surface area (Å²) < 4.78 is 5.97. The van der Waals surface area contributed by atoms with Crippen LogP contribution in [0.5, 0.6) is 0 Å². The topological polar surface area (TPSA) is 71.3 Å². The molecule has 27 heavy (non-hydrogen) atoms. The summed E-state index contributed by atoms with van der Waals surface area (Å²) in [6, 6.07) is 18.8. The molecule has 2 aromatic carbocycles. The van der Waals surface area contributed by atoms with Crippen LogP contribution in [0.4, 0.5) is 6.01 Å². The van der Waals surface area contributed by atoms with Crippen molar-refractivity contribution >= 4 is 11.9 Å². The molecule has 0 aliphatic carbocycles. The van der Waals surface area contributed by atoms with Crippen molar-refractivity contribution in [2.45, 2.75) is 25.3 Å². The van der Waals surface area contributed by atoms with Gasteiger partial charge < -0.3 is 14.6 Å². The Kier molecular flexibility index (Phi) is 5.14. The third kappa shape index (κ3) is 4.00. The van der Waals surface area contributed by atoms with Crippen LogP contribution in [0.3, 0.4) is 0 Å². The van der Waals surface area contributed by atoms with E-state index in [1.165, 1.54) is 6.42 Å². The largest absolute Gasteiger partial charge is 0.405 e. The molecular formula is C21H22N4O2. The van der Waals surface area contributed by atoms with E-state index in [9.17, 15) is 4.79 Å². The number of rotatable bonds is 5. The molecule has 6 heteroatoms. The van der Waals surface area contributed by atoms with E-state index in [4.69, 9.17) is 4.42 Å². The van der Waals surface area contributed by atoms with Crippen molar-refractivity contribution in [2.75, 3.05) is 18.0 Å². The average molecular weight is 362 g/mol. The highest BCUT2D eigenvalue weighted by molar-refractivity contribution is 5.94. The van der Waals surface area contributed by atoms with E-state index in [1.54, 1.807) is 12.1 Å². The number of carbonyl (C=O) groups excluding carboxylic acids is 1. The summed E-state index contributed by atoms with van der Waals surface area (Å²) in [5.41, 5.74) is 1.49. The SMILES string of the molecule is O=C(NC(c1ccccc1)c1nnc(N2CCCCC2)o1)c1ccccc1. The highest BCUT2D eigenvalue weighted by Crippen LogP contribution is 2.25. The Bertz CT molecular complexity index is 873. The first-order chi connectivity index (χ1) is 13.3. The molecule has 0 bridgehead atoms. The van der Waals surface area contributed by atoms with Crippen LogP contribution in [0.25, 0.3) is 0 Å². The van der Waals surface area contributed by atoms with Gasteiger partial charge in [-0.25, -0.2) is 0 Å². The molecule has 1 unspecified atom stereocenters. The fourth-order valence-corrected chi connectivity index (χ4v) is 3.29. The summed E-state index contributed by atoms with van der Waals surface area (Å²) >= 11 is 0. The van der Waals surface area contributed by atoms with E-state index in [0.29, 0.717) is 17.5 Å². The van der Waals surface area contributed by atoms with Gasteiger partial charge in [-0.05, 0) is 37.0 Å². The Hall–Kier alpha value is -3.15. The van der Waals surface area contributed by atoms with E-state index in [-0.39, 0.29) is 5.91 Å². The normalized spacial score (nSPS) is 15.3. The molecular weight excluding hydrogens is 340 g/mol. The average Bonchev–Trinajstić information content (AvgIpc) is 3.24. The monoisotopic (exact) mass is 362 g/mol. The third-order valence-corrected chi connectivity index (χ3v) is 4.75. The van der Waals surface area contributed by atoms with Crippen LogP contribution in [-0.4, -0.2) is 29.2 Å². The second-order valence-electron chi connectivity index (χ2n) is 6.65. The summed E-state index contributed by atoms with van der Waals surface area (Å²) in [5.74, 6) is 0.216. The number of aromatic nitrogens is 2.